The van der Waals surface area contributed by atoms with Crippen molar-refractivity contribution in [1.82, 2.24) is 5.01 Å². The smallest absolute Gasteiger partial charge is 0.276 e. The van der Waals surface area contributed by atoms with Gasteiger partial charge in [-0.3, -0.25) is 4.79 Å². The SMILES string of the molecule is CCC1=NN(C(=O)c2ccc(Cl)cc2)C(O)(c2ccc(OC)cc2)C1. The van der Waals surface area contributed by atoms with E-state index < -0.39 is 5.72 Å². The van der Waals surface area contributed by atoms with Crippen molar-refractivity contribution in [2.24, 2.45) is 5.10 Å². The Hall–Kier alpha value is -2.37. The summed E-state index contributed by atoms with van der Waals surface area (Å²) in [5.74, 6) is 0.302. The molecule has 0 spiro atoms. The first-order chi connectivity index (χ1) is 12.0. The van der Waals surface area contributed by atoms with Crippen molar-refractivity contribution < 1.29 is 14.6 Å². The third kappa shape index (κ3) is 3.25. The number of carbonyl (C=O) groups is 1. The maximum atomic E-state index is 12.9. The average Bonchev–Trinajstić information content (AvgIpc) is 3.00. The van der Waals surface area contributed by atoms with Gasteiger partial charge in [-0.05, 0) is 42.8 Å². The summed E-state index contributed by atoms with van der Waals surface area (Å²) in [6, 6.07) is 13.5. The summed E-state index contributed by atoms with van der Waals surface area (Å²) >= 11 is 5.89. The zero-order chi connectivity index (χ0) is 18.0. The van der Waals surface area contributed by atoms with Gasteiger partial charge in [0.15, 0.2) is 5.72 Å². The lowest BCUT2D eigenvalue weighted by Crippen LogP contribution is -2.43. The van der Waals surface area contributed by atoms with Gasteiger partial charge in [0.2, 0.25) is 0 Å². The molecule has 0 radical (unpaired) electrons. The second kappa shape index (κ2) is 6.86. The Balaban J connectivity index is 1.99. The standard InChI is InChI=1S/C19H19ClN2O3/c1-3-16-12-19(24,14-6-10-17(25-2)11-7-14)22(21-16)18(23)13-4-8-15(20)9-5-13/h4-11,24H,3,12H2,1-2H3. The van der Waals surface area contributed by atoms with E-state index in [0.717, 1.165) is 10.7 Å². The number of hydrogen-bond donors (Lipinski definition) is 1. The molecular weight excluding hydrogens is 340 g/mol. The summed E-state index contributed by atoms with van der Waals surface area (Å²) < 4.78 is 5.16. The first kappa shape index (κ1) is 17.5. The average molecular weight is 359 g/mol. The highest BCUT2D eigenvalue weighted by Crippen LogP contribution is 2.37. The first-order valence-electron chi connectivity index (χ1n) is 8.01. The molecule has 1 heterocycles. The van der Waals surface area contributed by atoms with Gasteiger partial charge in [0.1, 0.15) is 5.75 Å². The highest BCUT2D eigenvalue weighted by Gasteiger charge is 2.45. The Kier molecular flexibility index (Phi) is 4.79. The lowest BCUT2D eigenvalue weighted by Gasteiger charge is -2.31. The minimum Gasteiger partial charge on any atom is -0.497 e. The lowest BCUT2D eigenvalue weighted by atomic mass is 9.96. The molecule has 2 aromatic carbocycles. The van der Waals surface area contributed by atoms with Crippen LogP contribution in [0, 0.1) is 0 Å². The quantitative estimate of drug-likeness (QED) is 0.904. The molecule has 1 unspecified atom stereocenters. The van der Waals surface area contributed by atoms with Gasteiger partial charge in [-0.25, -0.2) is 0 Å². The Bertz CT molecular complexity index is 802. The number of ether oxygens (including phenoxy) is 1. The number of methoxy groups -OCH3 is 1. The Morgan fingerprint density at radius 3 is 2.44 bits per heavy atom. The summed E-state index contributed by atoms with van der Waals surface area (Å²) in [5.41, 5.74) is 0.245. The molecule has 5 nitrogen and oxygen atoms in total. The predicted octanol–water partition coefficient (Wildman–Crippen LogP) is 3.81. The van der Waals surface area contributed by atoms with Crippen LogP contribution in [0.4, 0.5) is 0 Å². The van der Waals surface area contributed by atoms with Crippen molar-refractivity contribution in [2.75, 3.05) is 7.11 Å². The van der Waals surface area contributed by atoms with Gasteiger partial charge in [-0.1, -0.05) is 30.7 Å². The van der Waals surface area contributed by atoms with Crippen LogP contribution in [-0.2, 0) is 5.72 Å². The number of rotatable bonds is 4. The molecule has 0 saturated heterocycles. The molecular formula is C19H19ClN2O3. The monoisotopic (exact) mass is 358 g/mol. The van der Waals surface area contributed by atoms with Crippen molar-refractivity contribution in [3.05, 3.63) is 64.7 Å². The van der Waals surface area contributed by atoms with E-state index in [9.17, 15) is 9.90 Å². The second-order valence-corrected chi connectivity index (χ2v) is 6.30. The summed E-state index contributed by atoms with van der Waals surface area (Å²) in [5, 5.41) is 17.4. The number of hydrogen-bond acceptors (Lipinski definition) is 4. The van der Waals surface area contributed by atoms with Gasteiger partial charge in [0, 0.05) is 28.3 Å². The molecule has 0 saturated carbocycles. The molecule has 6 heteroatoms. The number of nitrogens with zero attached hydrogens (tertiary/aromatic N) is 2. The third-order valence-electron chi connectivity index (χ3n) is 4.29. The van der Waals surface area contributed by atoms with E-state index in [1.807, 2.05) is 6.92 Å². The molecule has 130 valence electrons. The maximum absolute atomic E-state index is 12.9. The van der Waals surface area contributed by atoms with Gasteiger partial charge in [-0.2, -0.15) is 10.1 Å². The van der Waals surface area contributed by atoms with Gasteiger partial charge >= 0.3 is 0 Å². The van der Waals surface area contributed by atoms with Crippen LogP contribution in [0.5, 0.6) is 5.75 Å². The highest BCUT2D eigenvalue weighted by molar-refractivity contribution is 6.30. The predicted molar refractivity (Wildman–Crippen MR) is 96.9 cm³/mol. The molecule has 0 bridgehead atoms. The van der Waals surface area contributed by atoms with Crippen LogP contribution in [0.1, 0.15) is 35.7 Å². The van der Waals surface area contributed by atoms with Crippen molar-refractivity contribution in [1.29, 1.82) is 0 Å². The molecule has 3 rings (SSSR count). The molecule has 1 aliphatic heterocycles. The molecule has 1 atom stereocenters. The van der Waals surface area contributed by atoms with Crippen molar-refractivity contribution in [3.63, 3.8) is 0 Å². The van der Waals surface area contributed by atoms with Crippen LogP contribution in [0.2, 0.25) is 5.02 Å². The molecule has 0 aliphatic carbocycles. The normalized spacial score (nSPS) is 19.7. The van der Waals surface area contributed by atoms with E-state index in [-0.39, 0.29) is 12.3 Å². The minimum absolute atomic E-state index is 0.273. The maximum Gasteiger partial charge on any atom is 0.276 e. The summed E-state index contributed by atoms with van der Waals surface area (Å²) in [7, 11) is 1.58. The van der Waals surface area contributed by atoms with Crippen LogP contribution in [0.15, 0.2) is 53.6 Å². The van der Waals surface area contributed by atoms with E-state index in [0.29, 0.717) is 28.3 Å². The molecule has 0 aromatic heterocycles. The Morgan fingerprint density at radius 2 is 1.88 bits per heavy atom. The Labute approximate surface area is 151 Å². The summed E-state index contributed by atoms with van der Waals surface area (Å²) in [6.07, 6.45) is 0.929. The third-order valence-corrected chi connectivity index (χ3v) is 4.54. The zero-order valence-corrected chi connectivity index (χ0v) is 14.8. The fourth-order valence-electron chi connectivity index (χ4n) is 2.83. The van der Waals surface area contributed by atoms with Crippen molar-refractivity contribution in [2.45, 2.75) is 25.5 Å². The number of halogens is 1. The molecule has 2 aromatic rings. The number of amides is 1. The fraction of sp³-hybridized carbons (Fsp3) is 0.263. The van der Waals surface area contributed by atoms with Crippen molar-refractivity contribution >= 4 is 23.2 Å². The van der Waals surface area contributed by atoms with Gasteiger partial charge in [0.05, 0.1) is 7.11 Å². The number of aliphatic hydroxyl groups is 1. The summed E-state index contributed by atoms with van der Waals surface area (Å²) in [6.45, 7) is 1.95. The van der Waals surface area contributed by atoms with E-state index in [1.165, 1.54) is 0 Å². The van der Waals surface area contributed by atoms with Gasteiger partial charge in [0.25, 0.3) is 5.91 Å². The first-order valence-corrected chi connectivity index (χ1v) is 8.39. The van der Waals surface area contributed by atoms with E-state index in [4.69, 9.17) is 16.3 Å². The van der Waals surface area contributed by atoms with Crippen LogP contribution >= 0.6 is 11.6 Å². The number of hydrazone groups is 1. The lowest BCUT2D eigenvalue weighted by molar-refractivity contribution is -0.0765. The topological polar surface area (TPSA) is 62.1 Å². The largest absolute Gasteiger partial charge is 0.497 e. The van der Waals surface area contributed by atoms with Crippen LogP contribution in [-0.4, -0.2) is 28.8 Å². The Morgan fingerprint density at radius 1 is 1.24 bits per heavy atom. The zero-order valence-electron chi connectivity index (χ0n) is 14.1. The van der Waals surface area contributed by atoms with Crippen LogP contribution in [0.3, 0.4) is 0 Å². The van der Waals surface area contributed by atoms with Crippen LogP contribution in [0.25, 0.3) is 0 Å². The molecule has 0 fully saturated rings. The van der Waals surface area contributed by atoms with E-state index in [1.54, 1.807) is 55.6 Å². The second-order valence-electron chi connectivity index (χ2n) is 5.87. The van der Waals surface area contributed by atoms with Crippen LogP contribution < -0.4 is 4.74 Å². The van der Waals surface area contributed by atoms with E-state index >= 15 is 0 Å². The van der Waals surface area contributed by atoms with Gasteiger partial charge < -0.3 is 9.84 Å². The number of benzene rings is 2. The number of carbonyl (C=O) groups excluding carboxylic acids is 1. The fourth-order valence-corrected chi connectivity index (χ4v) is 2.95. The molecule has 1 aliphatic rings. The van der Waals surface area contributed by atoms with Gasteiger partial charge in [-0.15, -0.1) is 0 Å². The molecule has 1 amide bonds. The van der Waals surface area contributed by atoms with Crippen molar-refractivity contribution in [3.8, 4) is 5.75 Å². The van der Waals surface area contributed by atoms with E-state index in [2.05, 4.69) is 5.10 Å². The minimum atomic E-state index is -1.52. The molecule has 1 N–H and O–H groups in total. The highest BCUT2D eigenvalue weighted by atomic mass is 35.5. The molecule has 25 heavy (non-hydrogen) atoms. The summed E-state index contributed by atoms with van der Waals surface area (Å²) in [4.78, 5) is 12.9.